The summed E-state index contributed by atoms with van der Waals surface area (Å²) < 4.78 is 25.1. The van der Waals surface area contributed by atoms with Crippen LogP contribution in [0.2, 0.25) is 0 Å². The first kappa shape index (κ1) is 15.0. The Labute approximate surface area is 119 Å². The van der Waals surface area contributed by atoms with Crippen LogP contribution in [0.25, 0.3) is 0 Å². The smallest absolute Gasteiger partial charge is 0.307 e. The van der Waals surface area contributed by atoms with Crippen LogP contribution < -0.4 is 0 Å². The molecule has 20 heavy (non-hydrogen) atoms. The topological polar surface area (TPSA) is 74.7 Å². The second-order valence-electron chi connectivity index (χ2n) is 5.97. The molecule has 0 radical (unpaired) electrons. The minimum Gasteiger partial charge on any atom is -0.481 e. The zero-order valence-electron chi connectivity index (χ0n) is 12.0. The fourth-order valence-electron chi connectivity index (χ4n) is 2.78. The number of carboxylic acids is 1. The molecule has 1 aromatic rings. The van der Waals surface area contributed by atoms with Gasteiger partial charge in [-0.25, -0.2) is 12.7 Å². The molecule has 110 valence electrons. The summed E-state index contributed by atoms with van der Waals surface area (Å²) in [6, 6.07) is 6.51. The Bertz CT molecular complexity index is 632. The van der Waals surface area contributed by atoms with Gasteiger partial charge in [-0.2, -0.15) is 0 Å². The second-order valence-corrected chi connectivity index (χ2v) is 8.12. The number of aliphatic carboxylic acids is 1. The van der Waals surface area contributed by atoms with E-state index in [-0.39, 0.29) is 16.2 Å². The summed E-state index contributed by atoms with van der Waals surface area (Å²) in [6.07, 6.45) is 0. The first-order valence-corrected chi connectivity index (χ1v) is 7.79. The summed E-state index contributed by atoms with van der Waals surface area (Å²) >= 11 is 0. The number of hydrogen-bond acceptors (Lipinski definition) is 3. The van der Waals surface area contributed by atoms with Gasteiger partial charge in [0.1, 0.15) is 0 Å². The van der Waals surface area contributed by atoms with E-state index in [0.717, 1.165) is 9.87 Å². The fraction of sp³-hybridized carbons (Fsp3) is 0.500. The summed E-state index contributed by atoms with van der Waals surface area (Å²) in [5.74, 6) is -1.26. The Morgan fingerprint density at radius 3 is 2.05 bits per heavy atom. The minimum atomic E-state index is -3.44. The lowest BCUT2D eigenvalue weighted by atomic mass is 10.0. The van der Waals surface area contributed by atoms with Crippen LogP contribution in [0.4, 0.5) is 0 Å². The van der Waals surface area contributed by atoms with Crippen molar-refractivity contribution in [1.29, 1.82) is 0 Å². The van der Waals surface area contributed by atoms with Gasteiger partial charge in [0.15, 0.2) is 0 Å². The number of carboxylic acid groups (broad SMARTS) is 1. The van der Waals surface area contributed by atoms with Crippen LogP contribution in [0.1, 0.15) is 25.3 Å². The molecular formula is C14H19NO4S. The molecule has 5 nitrogen and oxygen atoms in total. The Kier molecular flexibility index (Phi) is 3.42. The van der Waals surface area contributed by atoms with Gasteiger partial charge in [-0.05, 0) is 23.1 Å². The van der Waals surface area contributed by atoms with Crippen LogP contribution in [0, 0.1) is 11.3 Å². The van der Waals surface area contributed by atoms with E-state index in [1.54, 1.807) is 12.1 Å². The van der Waals surface area contributed by atoms with E-state index in [4.69, 9.17) is 0 Å². The molecule has 0 amide bonds. The molecule has 1 saturated carbocycles. The molecule has 0 aromatic heterocycles. The van der Waals surface area contributed by atoms with Crippen molar-refractivity contribution >= 4 is 16.0 Å². The van der Waals surface area contributed by atoms with Crippen LogP contribution in [0.15, 0.2) is 29.2 Å². The van der Waals surface area contributed by atoms with E-state index >= 15 is 0 Å². The standard InChI is InChI=1S/C14H19NO4S/c1-14(2)11(12(14)13(16)17)9-5-7-10(8-6-9)20(18,19)15(3)4/h5-8,11-12H,1-4H3,(H,16,17)/t11-,12+/m1/s1. The van der Waals surface area contributed by atoms with Gasteiger partial charge in [-0.3, -0.25) is 4.79 Å². The molecule has 0 unspecified atom stereocenters. The maximum Gasteiger partial charge on any atom is 0.307 e. The lowest BCUT2D eigenvalue weighted by molar-refractivity contribution is -0.139. The second kappa shape index (κ2) is 4.56. The van der Waals surface area contributed by atoms with E-state index in [2.05, 4.69) is 0 Å². The molecule has 1 aromatic carbocycles. The number of rotatable bonds is 4. The zero-order chi connectivity index (χ0) is 15.3. The molecule has 0 heterocycles. The highest BCUT2D eigenvalue weighted by Crippen LogP contribution is 2.64. The van der Waals surface area contributed by atoms with Gasteiger partial charge in [0.25, 0.3) is 0 Å². The van der Waals surface area contributed by atoms with E-state index in [1.165, 1.54) is 26.2 Å². The summed E-state index contributed by atoms with van der Waals surface area (Å²) in [5.41, 5.74) is 0.591. The molecule has 6 heteroatoms. The largest absolute Gasteiger partial charge is 0.481 e. The average molecular weight is 297 g/mol. The molecule has 1 aliphatic rings. The molecule has 2 rings (SSSR count). The molecule has 0 saturated heterocycles. The molecule has 2 atom stereocenters. The van der Waals surface area contributed by atoms with E-state index in [0.29, 0.717) is 0 Å². The van der Waals surface area contributed by atoms with E-state index < -0.39 is 21.9 Å². The molecule has 0 aliphatic heterocycles. The predicted molar refractivity (Wildman–Crippen MR) is 75.0 cm³/mol. The van der Waals surface area contributed by atoms with Crippen molar-refractivity contribution in [1.82, 2.24) is 4.31 Å². The summed E-state index contributed by atoms with van der Waals surface area (Å²) in [7, 11) is -0.481. The van der Waals surface area contributed by atoms with Crippen molar-refractivity contribution in [2.24, 2.45) is 11.3 Å². The predicted octanol–water partition coefficient (Wildman–Crippen LogP) is 1.76. The number of benzene rings is 1. The quantitative estimate of drug-likeness (QED) is 0.919. The SMILES string of the molecule is CN(C)S(=O)(=O)c1ccc([C@@H]2[C@@H](C(=O)O)C2(C)C)cc1. The van der Waals surface area contributed by atoms with Crippen molar-refractivity contribution < 1.29 is 18.3 Å². The Balaban J connectivity index is 2.30. The van der Waals surface area contributed by atoms with Gasteiger partial charge >= 0.3 is 5.97 Å². The van der Waals surface area contributed by atoms with Gasteiger partial charge in [0.2, 0.25) is 10.0 Å². The monoisotopic (exact) mass is 297 g/mol. The van der Waals surface area contributed by atoms with Crippen molar-refractivity contribution in [3.63, 3.8) is 0 Å². The first-order chi connectivity index (χ1) is 9.10. The number of nitrogens with zero attached hydrogens (tertiary/aromatic N) is 1. The lowest BCUT2D eigenvalue weighted by Gasteiger charge is -2.11. The van der Waals surface area contributed by atoms with Gasteiger partial charge in [0, 0.05) is 20.0 Å². The highest BCUT2D eigenvalue weighted by molar-refractivity contribution is 7.89. The van der Waals surface area contributed by atoms with Crippen molar-refractivity contribution in [2.75, 3.05) is 14.1 Å². The maximum absolute atomic E-state index is 12.0. The van der Waals surface area contributed by atoms with E-state index in [9.17, 15) is 18.3 Å². The summed E-state index contributed by atoms with van der Waals surface area (Å²) in [6.45, 7) is 3.84. The minimum absolute atomic E-state index is 0.0592. The highest BCUT2D eigenvalue weighted by atomic mass is 32.2. The third-order valence-corrected chi connectivity index (χ3v) is 5.94. The molecule has 1 aliphatic carbocycles. The molecule has 1 fully saturated rings. The third-order valence-electron chi connectivity index (χ3n) is 4.11. The third kappa shape index (κ3) is 2.23. The molecule has 1 N–H and O–H groups in total. The fourth-order valence-corrected chi connectivity index (χ4v) is 3.68. The van der Waals surface area contributed by atoms with Gasteiger partial charge in [-0.1, -0.05) is 26.0 Å². The number of hydrogen-bond donors (Lipinski definition) is 1. The molecule has 0 bridgehead atoms. The number of carbonyl (C=O) groups is 1. The first-order valence-electron chi connectivity index (χ1n) is 6.35. The van der Waals surface area contributed by atoms with Crippen molar-refractivity contribution in [3.05, 3.63) is 29.8 Å². The van der Waals surface area contributed by atoms with E-state index in [1.807, 2.05) is 13.8 Å². The summed E-state index contributed by atoms with van der Waals surface area (Å²) in [5, 5.41) is 9.17. The Hall–Kier alpha value is -1.40. The lowest BCUT2D eigenvalue weighted by Crippen LogP contribution is -2.22. The van der Waals surface area contributed by atoms with Crippen LogP contribution in [-0.2, 0) is 14.8 Å². The van der Waals surface area contributed by atoms with Crippen LogP contribution in [0.3, 0.4) is 0 Å². The molecule has 0 spiro atoms. The van der Waals surface area contributed by atoms with Crippen molar-refractivity contribution in [2.45, 2.75) is 24.7 Å². The highest BCUT2D eigenvalue weighted by Gasteiger charge is 2.62. The average Bonchev–Trinajstić information content (AvgIpc) is 2.92. The zero-order valence-corrected chi connectivity index (χ0v) is 12.8. The van der Waals surface area contributed by atoms with Crippen molar-refractivity contribution in [3.8, 4) is 0 Å². The summed E-state index contributed by atoms with van der Waals surface area (Å²) in [4.78, 5) is 11.4. The Morgan fingerprint density at radius 1 is 1.20 bits per heavy atom. The van der Waals surface area contributed by atoms with Crippen LogP contribution >= 0.6 is 0 Å². The molecular weight excluding hydrogens is 278 g/mol. The van der Waals surface area contributed by atoms with Crippen LogP contribution in [0.5, 0.6) is 0 Å². The van der Waals surface area contributed by atoms with Gasteiger partial charge in [-0.15, -0.1) is 0 Å². The normalized spacial score (nSPS) is 24.6. The Morgan fingerprint density at radius 2 is 1.70 bits per heavy atom. The number of sulfonamides is 1. The van der Waals surface area contributed by atoms with Gasteiger partial charge < -0.3 is 5.11 Å². The maximum atomic E-state index is 12.0. The van der Waals surface area contributed by atoms with Crippen LogP contribution in [-0.4, -0.2) is 37.9 Å². The van der Waals surface area contributed by atoms with Gasteiger partial charge in [0.05, 0.1) is 10.8 Å².